The number of esters is 1. The van der Waals surface area contributed by atoms with Gasteiger partial charge in [-0.2, -0.15) is 17.2 Å². The predicted molar refractivity (Wildman–Crippen MR) is 119 cm³/mol. The Kier molecular flexibility index (Phi) is 9.00. The molecule has 1 unspecified atom stereocenters. The fourth-order valence-electron chi connectivity index (χ4n) is 3.30. The van der Waals surface area contributed by atoms with E-state index in [0.717, 1.165) is 34.2 Å². The summed E-state index contributed by atoms with van der Waals surface area (Å²) in [4.78, 5) is 12.6. The first-order chi connectivity index (χ1) is 13.9. The number of hydrogen-bond acceptors (Lipinski definition) is 2. The standard InChI is InChI=1S/C27H29O2.Y/c1-6-18(2)15-22-7-9-23(10-8-22)24-11-13-25(14-12-24)27(28)29-26-17-20(4)19(3)16-21(26)5;/h7-14,17-18H,6,15H2,1-5H3;/q-1;. The topological polar surface area (TPSA) is 26.3 Å². The van der Waals surface area contributed by atoms with Crippen molar-refractivity contribution in [3.63, 3.8) is 0 Å². The smallest absolute Gasteiger partial charge is 0.331 e. The van der Waals surface area contributed by atoms with Crippen molar-refractivity contribution in [2.75, 3.05) is 0 Å². The van der Waals surface area contributed by atoms with Crippen LogP contribution in [0.2, 0.25) is 0 Å². The van der Waals surface area contributed by atoms with Crippen LogP contribution in [0, 0.1) is 32.8 Å². The largest absolute Gasteiger partial charge is 0.487 e. The second kappa shape index (κ2) is 11.0. The molecular formula is C27H29O2Y-. The van der Waals surface area contributed by atoms with Gasteiger partial charge in [-0.25, -0.2) is 4.79 Å². The van der Waals surface area contributed by atoms with Gasteiger partial charge < -0.3 is 4.74 Å². The summed E-state index contributed by atoms with van der Waals surface area (Å²) in [7, 11) is 0. The maximum absolute atomic E-state index is 12.6. The Morgan fingerprint density at radius 3 is 2.07 bits per heavy atom. The van der Waals surface area contributed by atoms with E-state index in [-0.39, 0.29) is 38.7 Å². The number of carbonyl (C=O) groups is 1. The third-order valence-electron chi connectivity index (χ3n) is 5.58. The maximum Gasteiger partial charge on any atom is 0.331 e. The minimum Gasteiger partial charge on any atom is -0.487 e. The van der Waals surface area contributed by atoms with Crippen LogP contribution in [0.1, 0.15) is 52.9 Å². The van der Waals surface area contributed by atoms with Gasteiger partial charge in [0.15, 0.2) is 0 Å². The Hall–Kier alpha value is -1.77. The zero-order valence-corrected chi connectivity index (χ0v) is 21.4. The second-order valence-electron chi connectivity index (χ2n) is 7.95. The fraction of sp³-hybridized carbons (Fsp3) is 0.296. The van der Waals surface area contributed by atoms with Gasteiger partial charge >= 0.3 is 5.97 Å². The Labute approximate surface area is 205 Å². The molecule has 0 saturated carbocycles. The third kappa shape index (κ3) is 6.12. The molecule has 3 rings (SSSR count). The zero-order valence-electron chi connectivity index (χ0n) is 18.6. The van der Waals surface area contributed by atoms with Gasteiger partial charge in [-0.1, -0.05) is 77.4 Å². The van der Waals surface area contributed by atoms with Crippen LogP contribution < -0.4 is 4.74 Å². The van der Waals surface area contributed by atoms with Crippen LogP contribution in [0.25, 0.3) is 11.1 Å². The van der Waals surface area contributed by atoms with Gasteiger partial charge in [-0.3, -0.25) is 0 Å². The first-order valence-corrected chi connectivity index (χ1v) is 10.3. The van der Waals surface area contributed by atoms with E-state index in [9.17, 15) is 4.79 Å². The van der Waals surface area contributed by atoms with E-state index in [4.69, 9.17) is 4.74 Å². The maximum atomic E-state index is 12.6. The van der Waals surface area contributed by atoms with Gasteiger partial charge in [-0.15, -0.1) is 11.6 Å². The normalized spacial score (nSPS) is 11.5. The molecule has 0 amide bonds. The van der Waals surface area contributed by atoms with Crippen LogP contribution in [0.15, 0.2) is 54.6 Å². The first-order valence-electron chi connectivity index (χ1n) is 10.3. The Bertz CT molecular complexity index is 989. The molecule has 0 fully saturated rings. The Morgan fingerprint density at radius 1 is 0.933 bits per heavy atom. The molecule has 153 valence electrons. The van der Waals surface area contributed by atoms with E-state index >= 15 is 0 Å². The van der Waals surface area contributed by atoms with E-state index in [1.54, 1.807) is 0 Å². The van der Waals surface area contributed by atoms with Gasteiger partial charge in [0.05, 0.1) is 5.56 Å². The number of rotatable bonds is 6. The average Bonchev–Trinajstić information content (AvgIpc) is 2.72. The van der Waals surface area contributed by atoms with Gasteiger partial charge in [-0.05, 0) is 41.2 Å². The molecule has 0 bridgehead atoms. The molecule has 30 heavy (non-hydrogen) atoms. The molecule has 0 saturated heterocycles. The molecule has 0 aliphatic heterocycles. The van der Waals surface area contributed by atoms with Crippen molar-refractivity contribution < 1.29 is 42.2 Å². The van der Waals surface area contributed by atoms with Crippen molar-refractivity contribution in [2.45, 2.75) is 47.5 Å². The van der Waals surface area contributed by atoms with Gasteiger partial charge in [0.25, 0.3) is 0 Å². The van der Waals surface area contributed by atoms with Gasteiger partial charge in [0.2, 0.25) is 0 Å². The summed E-state index contributed by atoms with van der Waals surface area (Å²) in [6, 6.07) is 21.4. The Morgan fingerprint density at radius 2 is 1.50 bits per heavy atom. The first kappa shape index (κ1) is 24.5. The molecule has 0 spiro atoms. The van der Waals surface area contributed by atoms with Crippen molar-refractivity contribution in [1.82, 2.24) is 0 Å². The molecule has 0 aliphatic rings. The summed E-state index contributed by atoms with van der Waals surface area (Å²) in [5.41, 5.74) is 7.12. The molecular weight excluding hydrogens is 445 g/mol. The molecule has 3 heteroatoms. The summed E-state index contributed by atoms with van der Waals surface area (Å²) in [6.07, 6.45) is 2.30. The van der Waals surface area contributed by atoms with Crippen molar-refractivity contribution in [1.29, 1.82) is 0 Å². The molecule has 0 N–H and O–H groups in total. The van der Waals surface area contributed by atoms with Crippen LogP contribution in [0.5, 0.6) is 5.75 Å². The molecule has 0 aliphatic carbocycles. The van der Waals surface area contributed by atoms with Crippen molar-refractivity contribution in [3.8, 4) is 16.9 Å². The quantitative estimate of drug-likeness (QED) is 0.221. The minimum atomic E-state index is -0.347. The van der Waals surface area contributed by atoms with E-state index in [0.29, 0.717) is 17.2 Å². The molecule has 1 radical (unpaired) electrons. The fourth-order valence-corrected chi connectivity index (χ4v) is 3.30. The zero-order chi connectivity index (χ0) is 21.0. The summed E-state index contributed by atoms with van der Waals surface area (Å²) >= 11 is 0. The van der Waals surface area contributed by atoms with Crippen molar-refractivity contribution in [2.24, 2.45) is 5.92 Å². The number of ether oxygens (including phenoxy) is 1. The van der Waals surface area contributed by atoms with E-state index in [1.807, 2.05) is 51.1 Å². The molecule has 2 nitrogen and oxygen atoms in total. The average molecular weight is 474 g/mol. The van der Waals surface area contributed by atoms with Crippen LogP contribution >= 0.6 is 0 Å². The second-order valence-corrected chi connectivity index (χ2v) is 7.95. The monoisotopic (exact) mass is 474 g/mol. The third-order valence-corrected chi connectivity index (χ3v) is 5.58. The van der Waals surface area contributed by atoms with Gasteiger partial charge in [0, 0.05) is 38.5 Å². The number of benzene rings is 3. The van der Waals surface area contributed by atoms with Crippen LogP contribution in [-0.2, 0) is 39.1 Å². The predicted octanol–water partition coefficient (Wildman–Crippen LogP) is 6.88. The summed E-state index contributed by atoms with van der Waals surface area (Å²) in [6.45, 7) is 10.4. The number of aryl methyl sites for hydroxylation is 3. The SMILES string of the molecule is CCC(C)Cc1ccc(-c2ccc(C(=O)Oc3cc(C)c(C)[c-]c3C)cc2)cc1.[Y]. The molecule has 0 heterocycles. The number of carbonyl (C=O) groups excluding carboxylic acids is 1. The molecule has 3 aromatic rings. The van der Waals surface area contributed by atoms with Crippen LogP contribution in [0.3, 0.4) is 0 Å². The van der Waals surface area contributed by atoms with E-state index < -0.39 is 0 Å². The molecule has 1 atom stereocenters. The summed E-state index contributed by atoms with van der Waals surface area (Å²) in [5, 5.41) is 0. The number of hydrogen-bond donors (Lipinski definition) is 0. The van der Waals surface area contributed by atoms with Crippen LogP contribution in [-0.4, -0.2) is 5.97 Å². The van der Waals surface area contributed by atoms with Crippen LogP contribution in [0.4, 0.5) is 0 Å². The summed E-state index contributed by atoms with van der Waals surface area (Å²) in [5.74, 6) is 0.920. The van der Waals surface area contributed by atoms with E-state index in [1.165, 1.54) is 12.0 Å². The van der Waals surface area contributed by atoms with E-state index in [2.05, 4.69) is 44.2 Å². The Balaban J connectivity index is 0.00000320. The van der Waals surface area contributed by atoms with Gasteiger partial charge in [0.1, 0.15) is 0 Å². The summed E-state index contributed by atoms with van der Waals surface area (Å²) < 4.78 is 5.61. The van der Waals surface area contributed by atoms with Crippen molar-refractivity contribution >= 4 is 5.97 Å². The molecule has 0 aromatic heterocycles. The minimum absolute atomic E-state index is 0. The molecule has 3 aromatic carbocycles. The van der Waals surface area contributed by atoms with Crippen molar-refractivity contribution in [3.05, 3.63) is 88.5 Å².